The second-order valence-electron chi connectivity index (χ2n) is 7.83. The van der Waals surface area contributed by atoms with Crippen molar-refractivity contribution < 1.29 is 13.7 Å². The van der Waals surface area contributed by atoms with E-state index in [2.05, 4.69) is 75.9 Å². The Morgan fingerprint density at radius 3 is 1.86 bits per heavy atom. The zero-order valence-corrected chi connectivity index (χ0v) is 19.1. The third-order valence-corrected chi connectivity index (χ3v) is 9.09. The Morgan fingerprint density at radius 2 is 1.45 bits per heavy atom. The molecule has 0 saturated heterocycles. The average molecular weight is 415 g/mol. The Labute approximate surface area is 177 Å². The molecule has 1 saturated carbocycles. The molecule has 1 aliphatic carbocycles. The zero-order valence-electron chi connectivity index (χ0n) is 18.3. The van der Waals surface area contributed by atoms with Gasteiger partial charge in [0.15, 0.2) is 0 Å². The molecule has 0 bridgehead atoms. The van der Waals surface area contributed by atoms with Crippen molar-refractivity contribution in [3.8, 4) is 0 Å². The molecule has 3 nitrogen and oxygen atoms in total. The van der Waals surface area contributed by atoms with E-state index in [9.17, 15) is 4.79 Å². The van der Waals surface area contributed by atoms with E-state index < -0.39 is 10.3 Å². The van der Waals surface area contributed by atoms with Gasteiger partial charge in [0.1, 0.15) is 6.10 Å². The fourth-order valence-electron chi connectivity index (χ4n) is 3.73. The summed E-state index contributed by atoms with van der Waals surface area (Å²) in [6.45, 7) is 15.3. The molecule has 0 amide bonds. The summed E-state index contributed by atoms with van der Waals surface area (Å²) in [5, 5.41) is 0. The number of benzene rings is 2. The predicted octanol–water partition coefficient (Wildman–Crippen LogP) is 6.93. The number of hydrogen-bond acceptors (Lipinski definition) is 3. The van der Waals surface area contributed by atoms with Crippen molar-refractivity contribution in [2.45, 2.75) is 74.2 Å². The van der Waals surface area contributed by atoms with E-state index in [-0.39, 0.29) is 17.0 Å². The van der Waals surface area contributed by atoms with Crippen LogP contribution >= 0.6 is 10.3 Å². The SMILES string of the molecule is C=C1C[C@@H](OS(c2ccccc2)(c2ccccc2)C(C)(C)C)C[C@H]1OC=O.CC. The van der Waals surface area contributed by atoms with Crippen LogP contribution in [-0.4, -0.2) is 23.4 Å². The fraction of sp³-hybridized carbons (Fsp3) is 0.400. The summed E-state index contributed by atoms with van der Waals surface area (Å²) in [5.41, 5.74) is 0.926. The maximum absolute atomic E-state index is 10.8. The first-order valence-corrected chi connectivity index (χ1v) is 11.8. The third-order valence-electron chi connectivity index (χ3n) is 4.94. The third kappa shape index (κ3) is 4.93. The molecule has 0 aromatic heterocycles. The predicted molar refractivity (Wildman–Crippen MR) is 122 cm³/mol. The summed E-state index contributed by atoms with van der Waals surface area (Å²) in [6.07, 6.45) is 1.08. The van der Waals surface area contributed by atoms with Gasteiger partial charge < -0.3 is 8.92 Å². The lowest BCUT2D eigenvalue weighted by molar-refractivity contribution is -0.131. The first-order chi connectivity index (χ1) is 13.9. The van der Waals surface area contributed by atoms with Gasteiger partial charge in [-0.15, -0.1) is 0 Å². The van der Waals surface area contributed by atoms with Crippen LogP contribution in [0.4, 0.5) is 0 Å². The normalized spacial score (nSPS) is 19.8. The van der Waals surface area contributed by atoms with E-state index in [1.54, 1.807) is 0 Å². The van der Waals surface area contributed by atoms with Gasteiger partial charge in [0.25, 0.3) is 6.47 Å². The summed E-state index contributed by atoms with van der Waals surface area (Å²) < 4.78 is 12.1. The van der Waals surface area contributed by atoms with E-state index in [1.165, 1.54) is 9.79 Å². The molecule has 0 radical (unpaired) electrons. The molecule has 4 heteroatoms. The molecule has 158 valence electrons. The maximum Gasteiger partial charge on any atom is 0.293 e. The minimum absolute atomic E-state index is 0.0305. The molecule has 1 fully saturated rings. The fourth-order valence-corrected chi connectivity index (χ4v) is 7.56. The van der Waals surface area contributed by atoms with Crippen molar-refractivity contribution >= 4 is 16.8 Å². The lowest BCUT2D eigenvalue weighted by Crippen LogP contribution is -2.30. The van der Waals surface area contributed by atoms with Crippen molar-refractivity contribution in [1.82, 2.24) is 0 Å². The van der Waals surface area contributed by atoms with Gasteiger partial charge in [0.2, 0.25) is 0 Å². The highest BCUT2D eigenvalue weighted by Gasteiger charge is 2.45. The lowest BCUT2D eigenvalue weighted by Gasteiger charge is -2.51. The van der Waals surface area contributed by atoms with E-state index in [4.69, 9.17) is 8.92 Å². The van der Waals surface area contributed by atoms with Crippen LogP contribution in [0.5, 0.6) is 0 Å². The van der Waals surface area contributed by atoms with Gasteiger partial charge in [-0.1, -0.05) is 67.1 Å². The van der Waals surface area contributed by atoms with Crippen molar-refractivity contribution in [3.63, 3.8) is 0 Å². The summed E-state index contributed by atoms with van der Waals surface area (Å²) in [5.74, 6) is 0. The van der Waals surface area contributed by atoms with Crippen LogP contribution in [0.2, 0.25) is 0 Å². The topological polar surface area (TPSA) is 35.5 Å². The van der Waals surface area contributed by atoms with Crippen LogP contribution in [-0.2, 0) is 13.7 Å². The Hall–Kier alpha value is -2.04. The summed E-state index contributed by atoms with van der Waals surface area (Å²) in [7, 11) is -1.80. The first kappa shape index (κ1) is 23.2. The molecule has 0 heterocycles. The lowest BCUT2D eigenvalue weighted by atomic mass is 10.2. The zero-order chi connectivity index (χ0) is 21.5. The number of carbonyl (C=O) groups excluding carboxylic acids is 1. The second kappa shape index (κ2) is 10.1. The highest BCUT2D eigenvalue weighted by atomic mass is 32.3. The van der Waals surface area contributed by atoms with Gasteiger partial charge in [0.05, 0.1) is 6.10 Å². The first-order valence-electron chi connectivity index (χ1n) is 10.3. The van der Waals surface area contributed by atoms with Gasteiger partial charge in [0, 0.05) is 21.0 Å². The Balaban J connectivity index is 0.00000145. The molecule has 29 heavy (non-hydrogen) atoms. The molecule has 2 aromatic rings. The summed E-state index contributed by atoms with van der Waals surface area (Å²) in [4.78, 5) is 13.2. The average Bonchev–Trinajstić information content (AvgIpc) is 3.07. The Kier molecular flexibility index (Phi) is 8.12. The molecule has 0 N–H and O–H groups in total. The minimum Gasteiger partial charge on any atom is -0.460 e. The van der Waals surface area contributed by atoms with Crippen LogP contribution in [0.1, 0.15) is 47.5 Å². The number of hydrogen-bond donors (Lipinski definition) is 0. The van der Waals surface area contributed by atoms with Gasteiger partial charge in [-0.05, 0) is 57.0 Å². The van der Waals surface area contributed by atoms with Crippen LogP contribution in [0, 0.1) is 0 Å². The van der Waals surface area contributed by atoms with E-state index >= 15 is 0 Å². The molecule has 2 atom stereocenters. The van der Waals surface area contributed by atoms with Crippen molar-refractivity contribution in [2.24, 2.45) is 0 Å². The maximum atomic E-state index is 10.8. The van der Waals surface area contributed by atoms with Crippen LogP contribution in [0.3, 0.4) is 0 Å². The molecular formula is C25H34O3S. The minimum atomic E-state index is -1.80. The van der Waals surface area contributed by atoms with E-state index in [1.807, 2.05) is 26.0 Å². The van der Waals surface area contributed by atoms with Crippen LogP contribution in [0.15, 0.2) is 82.6 Å². The molecule has 0 spiro atoms. The van der Waals surface area contributed by atoms with Crippen molar-refractivity contribution in [2.75, 3.05) is 0 Å². The largest absolute Gasteiger partial charge is 0.460 e. The monoisotopic (exact) mass is 414 g/mol. The van der Waals surface area contributed by atoms with Crippen molar-refractivity contribution in [1.29, 1.82) is 0 Å². The van der Waals surface area contributed by atoms with Gasteiger partial charge in [-0.3, -0.25) is 4.79 Å². The molecule has 2 aromatic carbocycles. The second-order valence-corrected chi connectivity index (χ2v) is 11.3. The van der Waals surface area contributed by atoms with Crippen LogP contribution < -0.4 is 0 Å². The summed E-state index contributed by atoms with van der Waals surface area (Å²) in [6, 6.07) is 21.0. The van der Waals surface area contributed by atoms with Crippen LogP contribution in [0.25, 0.3) is 0 Å². The standard InChI is InChI=1S/C23H28O3S.C2H6/c1-18-15-19(16-22(18)25-17-24)26-27(23(2,3)4,20-11-7-5-8-12-20)21-13-9-6-10-14-21;1-2/h5-14,17,19,22H,1,15-16H2,2-4H3;1-2H3/t19-,22-;/m1./s1. The Morgan fingerprint density at radius 1 is 0.966 bits per heavy atom. The molecule has 1 aliphatic rings. The smallest absolute Gasteiger partial charge is 0.293 e. The number of carbonyl (C=O) groups is 1. The molecular weight excluding hydrogens is 380 g/mol. The van der Waals surface area contributed by atoms with Gasteiger partial charge in [-0.2, -0.15) is 0 Å². The highest BCUT2D eigenvalue weighted by molar-refractivity contribution is 8.31. The van der Waals surface area contributed by atoms with E-state index in [0.29, 0.717) is 19.3 Å². The number of rotatable bonds is 6. The molecule has 0 unspecified atom stereocenters. The van der Waals surface area contributed by atoms with Crippen molar-refractivity contribution in [3.05, 3.63) is 72.8 Å². The molecule has 3 rings (SSSR count). The highest BCUT2D eigenvalue weighted by Crippen LogP contribution is 2.72. The summed E-state index contributed by atoms with van der Waals surface area (Å²) >= 11 is 0. The quantitative estimate of drug-likeness (QED) is 0.380. The van der Waals surface area contributed by atoms with E-state index in [0.717, 1.165) is 5.57 Å². The number of ether oxygens (including phenoxy) is 1. The van der Waals surface area contributed by atoms with Gasteiger partial charge in [-0.25, -0.2) is 0 Å². The Bertz CT molecular complexity index is 741. The van der Waals surface area contributed by atoms with Gasteiger partial charge >= 0.3 is 0 Å². The molecule has 0 aliphatic heterocycles.